The first-order chi connectivity index (χ1) is 15.2. The van der Waals surface area contributed by atoms with E-state index in [4.69, 9.17) is 0 Å². The fourth-order valence-corrected chi connectivity index (χ4v) is 21.9. The molecule has 0 unspecified atom stereocenters. The molecule has 0 saturated heterocycles. The molecule has 0 heterocycles. The van der Waals surface area contributed by atoms with Crippen LogP contribution in [0, 0.1) is 0 Å². The molecule has 3 rings (SSSR count). The predicted molar refractivity (Wildman–Crippen MR) is 143 cm³/mol. The van der Waals surface area contributed by atoms with E-state index in [9.17, 15) is 0 Å². The Bertz CT molecular complexity index is 927. The van der Waals surface area contributed by atoms with Crippen molar-refractivity contribution in [3.63, 3.8) is 0 Å². The van der Waals surface area contributed by atoms with Gasteiger partial charge < -0.3 is 0 Å². The molecule has 0 aliphatic heterocycles. The molecule has 0 aliphatic carbocycles. The molecule has 0 N–H and O–H groups in total. The molecule has 0 fully saturated rings. The Morgan fingerprint density at radius 2 is 1.19 bits per heavy atom. The Labute approximate surface area is 194 Å². The molecule has 0 spiro atoms. The van der Waals surface area contributed by atoms with Gasteiger partial charge in [0.2, 0.25) is 0 Å². The molecular weight excluding hydrogens is 479 g/mol. The maximum absolute atomic E-state index is 2.64. The fourth-order valence-electron chi connectivity index (χ4n) is 5.02. The van der Waals surface area contributed by atoms with E-state index in [2.05, 4.69) is 99.6 Å². The molecule has 0 amide bonds. The zero-order valence-electron chi connectivity index (χ0n) is 19.9. The summed E-state index contributed by atoms with van der Waals surface area (Å²) in [5, 5.41) is 2.82. The van der Waals surface area contributed by atoms with Crippen LogP contribution < -0.4 is 0 Å². The summed E-state index contributed by atoms with van der Waals surface area (Å²) < 4.78 is 6.25. The van der Waals surface area contributed by atoms with Gasteiger partial charge in [-0.25, -0.2) is 0 Å². The normalized spacial score (nSPS) is 12.4. The molecule has 0 radical (unpaired) electrons. The van der Waals surface area contributed by atoms with E-state index in [1.54, 1.807) is 3.59 Å². The van der Waals surface area contributed by atoms with Crippen molar-refractivity contribution in [1.29, 1.82) is 0 Å². The molecule has 3 aromatic carbocycles. The Balaban J connectivity index is 2.25. The van der Waals surface area contributed by atoms with Crippen LogP contribution in [0.3, 0.4) is 0 Å². The Morgan fingerprint density at radius 3 is 1.81 bits per heavy atom. The van der Waals surface area contributed by atoms with Crippen LogP contribution in [0.4, 0.5) is 0 Å². The van der Waals surface area contributed by atoms with Crippen LogP contribution in [-0.4, -0.2) is 18.4 Å². The Kier molecular flexibility index (Phi) is 9.71. The average Bonchev–Trinajstić information content (AvgIpc) is 2.83. The van der Waals surface area contributed by atoms with Crippen LogP contribution in [0.2, 0.25) is 13.3 Å². The Hall–Kier alpha value is -1.54. The number of unbranched alkanes of at least 4 members (excludes halogenated alkanes) is 3. The number of hydrogen-bond donors (Lipinski definition) is 0. The summed E-state index contributed by atoms with van der Waals surface area (Å²) in [5.41, 5.74) is 2.90. The van der Waals surface area contributed by atoms with Gasteiger partial charge >= 0.3 is 195 Å². The van der Waals surface area contributed by atoms with Crippen LogP contribution in [-0.2, 0) is 0 Å². The molecular formula is C30H40Sn. The summed E-state index contributed by atoms with van der Waals surface area (Å²) in [7, 11) is 0. The molecule has 31 heavy (non-hydrogen) atoms. The molecule has 3 aromatic rings. The fraction of sp³-hybridized carbons (Fsp3) is 0.400. The number of fused-ring (bicyclic) bond motifs is 1. The number of hydrogen-bond acceptors (Lipinski definition) is 0. The van der Waals surface area contributed by atoms with Crippen molar-refractivity contribution in [2.75, 3.05) is 0 Å². The maximum atomic E-state index is 2.61. The molecule has 0 saturated carbocycles. The minimum absolute atomic E-state index is 1.31. The van der Waals surface area contributed by atoms with Gasteiger partial charge in [-0.3, -0.25) is 0 Å². The van der Waals surface area contributed by atoms with Gasteiger partial charge in [-0.05, 0) is 0 Å². The van der Waals surface area contributed by atoms with Crippen LogP contribution in [0.5, 0.6) is 0 Å². The predicted octanol–water partition coefficient (Wildman–Crippen LogP) is 9.77. The summed E-state index contributed by atoms with van der Waals surface area (Å²) in [6, 6.07) is 27.1. The van der Waals surface area contributed by atoms with Gasteiger partial charge in [0.1, 0.15) is 0 Å². The zero-order valence-corrected chi connectivity index (χ0v) is 22.7. The first-order valence-corrected chi connectivity index (χ1v) is 20.0. The van der Waals surface area contributed by atoms with Crippen LogP contribution in [0.15, 0.2) is 72.8 Å². The zero-order chi connectivity index (χ0) is 21.9. The average molecular weight is 519 g/mol. The topological polar surface area (TPSA) is 0 Å². The van der Waals surface area contributed by atoms with Gasteiger partial charge in [-0.2, -0.15) is 0 Å². The van der Waals surface area contributed by atoms with E-state index in [0.717, 1.165) is 0 Å². The van der Waals surface area contributed by atoms with Gasteiger partial charge in [0, 0.05) is 0 Å². The molecule has 164 valence electrons. The summed E-state index contributed by atoms with van der Waals surface area (Å²) in [5.74, 6) is 0. The third kappa shape index (κ3) is 6.25. The van der Waals surface area contributed by atoms with Gasteiger partial charge in [-0.1, -0.05) is 0 Å². The van der Waals surface area contributed by atoms with E-state index in [1.807, 2.05) is 0 Å². The van der Waals surface area contributed by atoms with E-state index in [0.29, 0.717) is 0 Å². The second-order valence-corrected chi connectivity index (χ2v) is 22.2. The first kappa shape index (κ1) is 24.1. The van der Waals surface area contributed by atoms with Crippen molar-refractivity contribution in [3.05, 3.63) is 83.9 Å². The molecule has 0 nitrogen and oxygen atoms in total. The van der Waals surface area contributed by atoms with Crippen molar-refractivity contribution >= 4 is 38.8 Å². The van der Waals surface area contributed by atoms with Gasteiger partial charge in [-0.15, -0.1) is 0 Å². The number of benzene rings is 3. The summed E-state index contributed by atoms with van der Waals surface area (Å²) in [6.07, 6.45) is 10.7. The van der Waals surface area contributed by atoms with E-state index in [1.165, 1.54) is 73.7 Å². The monoisotopic (exact) mass is 520 g/mol. The van der Waals surface area contributed by atoms with Crippen LogP contribution in [0.25, 0.3) is 20.4 Å². The van der Waals surface area contributed by atoms with Crippen LogP contribution in [0.1, 0.15) is 70.4 Å². The number of rotatable bonds is 12. The molecule has 1 heteroatoms. The van der Waals surface area contributed by atoms with E-state index >= 15 is 0 Å². The molecule has 0 bridgehead atoms. The standard InChI is InChI=1S/C18H13.3C4H9.Sn/c1-2-7-15(8-3-1)13-14-17-11-6-10-16-9-4-5-12-18(16)17;3*1-3-4-2;/h1-13H;3*1,3-4H2,2H3;. The van der Waals surface area contributed by atoms with Crippen molar-refractivity contribution in [2.24, 2.45) is 0 Å². The minimum atomic E-state index is -2.64. The van der Waals surface area contributed by atoms with Crippen molar-refractivity contribution in [2.45, 2.75) is 72.6 Å². The molecule has 0 atom stereocenters. The second-order valence-electron chi connectivity index (χ2n) is 9.09. The molecule has 0 aliphatic rings. The Morgan fingerprint density at radius 1 is 0.645 bits per heavy atom. The quantitative estimate of drug-likeness (QED) is 0.165. The first-order valence-electron chi connectivity index (χ1n) is 12.5. The second kappa shape index (κ2) is 12.5. The summed E-state index contributed by atoms with van der Waals surface area (Å²) >= 11 is -2.64. The van der Waals surface area contributed by atoms with Crippen molar-refractivity contribution < 1.29 is 0 Å². The van der Waals surface area contributed by atoms with E-state index in [-0.39, 0.29) is 0 Å². The third-order valence-electron chi connectivity index (χ3n) is 6.79. The van der Waals surface area contributed by atoms with Gasteiger partial charge in [0.05, 0.1) is 0 Å². The summed E-state index contributed by atoms with van der Waals surface area (Å²) in [4.78, 5) is 0. The summed E-state index contributed by atoms with van der Waals surface area (Å²) in [6.45, 7) is 7.11. The van der Waals surface area contributed by atoms with Gasteiger partial charge in [0.15, 0.2) is 0 Å². The molecule has 0 aromatic heterocycles. The van der Waals surface area contributed by atoms with E-state index < -0.39 is 18.4 Å². The third-order valence-corrected chi connectivity index (χ3v) is 22.5. The van der Waals surface area contributed by atoms with Crippen LogP contribution >= 0.6 is 0 Å². The SMILES string of the molecule is CCC[CH2][Sn]([CH2]CCC)([CH2]CCC)/[C](=C/c1ccccc1)c1cccc2ccccc12. The van der Waals surface area contributed by atoms with Crippen molar-refractivity contribution in [1.82, 2.24) is 0 Å². The van der Waals surface area contributed by atoms with Gasteiger partial charge in [0.25, 0.3) is 0 Å². The van der Waals surface area contributed by atoms with Crippen molar-refractivity contribution in [3.8, 4) is 0 Å².